The summed E-state index contributed by atoms with van der Waals surface area (Å²) in [5, 5.41) is 0. The number of halogens is 1. The minimum Gasteiger partial charge on any atom is -0.494 e. The molecule has 0 aliphatic heterocycles. The first-order valence-corrected chi connectivity index (χ1v) is 6.54. The van der Waals surface area contributed by atoms with Gasteiger partial charge in [0.25, 0.3) is 0 Å². The highest BCUT2D eigenvalue weighted by molar-refractivity contribution is 9.10. The van der Waals surface area contributed by atoms with Gasteiger partial charge in [-0.25, -0.2) is 0 Å². The second-order valence-electron chi connectivity index (χ2n) is 3.85. The predicted octanol–water partition coefficient (Wildman–Crippen LogP) is 4.44. The molecule has 0 aromatic heterocycles. The molecule has 2 rings (SSSR count). The molecule has 17 heavy (non-hydrogen) atoms. The lowest BCUT2D eigenvalue weighted by Gasteiger charge is -2.10. The average molecular weight is 291 g/mol. The fourth-order valence-corrected chi connectivity index (χ4v) is 2.21. The van der Waals surface area contributed by atoms with Crippen LogP contribution in [0.25, 0.3) is 0 Å². The first kappa shape index (κ1) is 12.2. The van der Waals surface area contributed by atoms with Crippen molar-refractivity contribution in [3.8, 4) is 5.75 Å². The molecule has 0 bridgehead atoms. The van der Waals surface area contributed by atoms with Crippen LogP contribution in [0.1, 0.15) is 18.1 Å². The molecule has 2 aromatic carbocycles. The van der Waals surface area contributed by atoms with Crippen molar-refractivity contribution in [3.05, 3.63) is 64.1 Å². The highest BCUT2D eigenvalue weighted by Gasteiger charge is 2.05. The van der Waals surface area contributed by atoms with Gasteiger partial charge in [-0.3, -0.25) is 0 Å². The Bertz CT molecular complexity index is 480. The maximum atomic E-state index is 5.64. The third-order valence-corrected chi connectivity index (χ3v) is 3.05. The van der Waals surface area contributed by atoms with E-state index in [0.717, 1.165) is 16.6 Å². The predicted molar refractivity (Wildman–Crippen MR) is 74.6 cm³/mol. The van der Waals surface area contributed by atoms with Crippen LogP contribution < -0.4 is 4.74 Å². The molecule has 0 aliphatic rings. The van der Waals surface area contributed by atoms with Gasteiger partial charge in [0.2, 0.25) is 0 Å². The third kappa shape index (κ3) is 3.34. The Morgan fingerprint density at radius 3 is 2.53 bits per heavy atom. The largest absolute Gasteiger partial charge is 0.494 e. The molecule has 0 saturated heterocycles. The van der Waals surface area contributed by atoms with Gasteiger partial charge in [-0.1, -0.05) is 46.3 Å². The van der Waals surface area contributed by atoms with Crippen LogP contribution in [-0.2, 0) is 6.42 Å². The molecule has 0 heterocycles. The highest BCUT2D eigenvalue weighted by Crippen LogP contribution is 2.25. The average Bonchev–Trinajstić information content (AvgIpc) is 2.34. The topological polar surface area (TPSA) is 9.23 Å². The van der Waals surface area contributed by atoms with E-state index in [-0.39, 0.29) is 0 Å². The second kappa shape index (κ2) is 5.87. The van der Waals surface area contributed by atoms with Crippen molar-refractivity contribution in [2.45, 2.75) is 13.3 Å². The Kier molecular flexibility index (Phi) is 4.21. The van der Waals surface area contributed by atoms with Gasteiger partial charge in [0, 0.05) is 10.9 Å². The summed E-state index contributed by atoms with van der Waals surface area (Å²) >= 11 is 3.51. The number of benzene rings is 2. The smallest absolute Gasteiger partial charge is 0.122 e. The van der Waals surface area contributed by atoms with E-state index in [1.54, 1.807) is 0 Å². The van der Waals surface area contributed by atoms with Crippen LogP contribution >= 0.6 is 15.9 Å². The monoisotopic (exact) mass is 290 g/mol. The van der Waals surface area contributed by atoms with Crippen LogP contribution in [0.15, 0.2) is 53.0 Å². The van der Waals surface area contributed by atoms with Crippen LogP contribution in [0.4, 0.5) is 0 Å². The van der Waals surface area contributed by atoms with E-state index >= 15 is 0 Å². The van der Waals surface area contributed by atoms with Crippen molar-refractivity contribution in [1.29, 1.82) is 0 Å². The molecule has 2 heteroatoms. The molecule has 0 aliphatic carbocycles. The highest BCUT2D eigenvalue weighted by atomic mass is 79.9. The molecular weight excluding hydrogens is 276 g/mol. The normalized spacial score (nSPS) is 10.2. The van der Waals surface area contributed by atoms with Crippen LogP contribution in [0.3, 0.4) is 0 Å². The fraction of sp³-hybridized carbons (Fsp3) is 0.200. The van der Waals surface area contributed by atoms with E-state index in [2.05, 4.69) is 46.3 Å². The fourth-order valence-electron chi connectivity index (χ4n) is 1.80. The summed E-state index contributed by atoms with van der Waals surface area (Å²) in [5.41, 5.74) is 2.51. The Morgan fingerprint density at radius 2 is 1.82 bits per heavy atom. The van der Waals surface area contributed by atoms with Gasteiger partial charge >= 0.3 is 0 Å². The van der Waals surface area contributed by atoms with Gasteiger partial charge in [-0.05, 0) is 36.2 Å². The molecule has 1 nitrogen and oxygen atoms in total. The van der Waals surface area contributed by atoms with Crippen LogP contribution in [0, 0.1) is 0 Å². The molecule has 0 amide bonds. The summed E-state index contributed by atoms with van der Waals surface area (Å²) in [5.74, 6) is 0.972. The molecule has 0 saturated carbocycles. The van der Waals surface area contributed by atoms with Crippen LogP contribution in [0.2, 0.25) is 0 Å². The van der Waals surface area contributed by atoms with Gasteiger partial charge in [0.15, 0.2) is 0 Å². The van der Waals surface area contributed by atoms with Crippen molar-refractivity contribution < 1.29 is 4.74 Å². The number of hydrogen-bond donors (Lipinski definition) is 0. The molecule has 2 aromatic rings. The Balaban J connectivity index is 2.27. The zero-order valence-corrected chi connectivity index (χ0v) is 11.4. The molecule has 0 atom stereocenters. The van der Waals surface area contributed by atoms with E-state index in [0.29, 0.717) is 6.61 Å². The minimum atomic E-state index is 0.698. The molecular formula is C15H15BrO. The van der Waals surface area contributed by atoms with Crippen molar-refractivity contribution in [1.82, 2.24) is 0 Å². The van der Waals surface area contributed by atoms with E-state index < -0.39 is 0 Å². The Hall–Kier alpha value is -1.28. The SMILES string of the molecule is CCOc1ccc(Br)cc1Cc1ccccc1. The Morgan fingerprint density at radius 1 is 1.06 bits per heavy atom. The van der Waals surface area contributed by atoms with Crippen molar-refractivity contribution in [3.63, 3.8) is 0 Å². The standard InChI is InChI=1S/C15H15BrO/c1-2-17-15-9-8-14(16)11-13(15)10-12-6-4-3-5-7-12/h3-9,11H,2,10H2,1H3. The summed E-state index contributed by atoms with van der Waals surface area (Å²) < 4.78 is 6.73. The zero-order valence-electron chi connectivity index (χ0n) is 9.82. The number of ether oxygens (including phenoxy) is 1. The summed E-state index contributed by atoms with van der Waals surface area (Å²) in [4.78, 5) is 0. The molecule has 0 spiro atoms. The maximum Gasteiger partial charge on any atom is 0.122 e. The van der Waals surface area contributed by atoms with E-state index in [1.807, 2.05) is 25.1 Å². The van der Waals surface area contributed by atoms with Gasteiger partial charge < -0.3 is 4.74 Å². The van der Waals surface area contributed by atoms with Crippen molar-refractivity contribution in [2.24, 2.45) is 0 Å². The van der Waals surface area contributed by atoms with Crippen LogP contribution in [0.5, 0.6) is 5.75 Å². The van der Waals surface area contributed by atoms with Gasteiger partial charge in [-0.2, -0.15) is 0 Å². The zero-order chi connectivity index (χ0) is 12.1. The minimum absolute atomic E-state index is 0.698. The first-order chi connectivity index (χ1) is 8.29. The second-order valence-corrected chi connectivity index (χ2v) is 4.76. The van der Waals surface area contributed by atoms with E-state index in [1.165, 1.54) is 11.1 Å². The summed E-state index contributed by atoms with van der Waals surface area (Å²) in [7, 11) is 0. The molecule has 0 radical (unpaired) electrons. The lowest BCUT2D eigenvalue weighted by molar-refractivity contribution is 0.337. The summed E-state index contributed by atoms with van der Waals surface area (Å²) in [6.07, 6.45) is 0.898. The van der Waals surface area contributed by atoms with E-state index in [4.69, 9.17) is 4.74 Å². The summed E-state index contributed by atoms with van der Waals surface area (Å²) in [6, 6.07) is 16.6. The lowest BCUT2D eigenvalue weighted by Crippen LogP contribution is -1.97. The summed E-state index contributed by atoms with van der Waals surface area (Å²) in [6.45, 7) is 2.71. The quantitative estimate of drug-likeness (QED) is 0.809. The molecule has 0 unspecified atom stereocenters. The lowest BCUT2D eigenvalue weighted by atomic mass is 10.0. The molecule has 0 N–H and O–H groups in total. The Labute approximate surface area is 111 Å². The van der Waals surface area contributed by atoms with Crippen molar-refractivity contribution >= 4 is 15.9 Å². The van der Waals surface area contributed by atoms with Crippen LogP contribution in [-0.4, -0.2) is 6.61 Å². The van der Waals surface area contributed by atoms with Gasteiger partial charge in [0.1, 0.15) is 5.75 Å². The van der Waals surface area contributed by atoms with Gasteiger partial charge in [0.05, 0.1) is 6.61 Å². The number of hydrogen-bond acceptors (Lipinski definition) is 1. The van der Waals surface area contributed by atoms with Gasteiger partial charge in [-0.15, -0.1) is 0 Å². The maximum absolute atomic E-state index is 5.64. The molecule has 0 fully saturated rings. The third-order valence-electron chi connectivity index (χ3n) is 2.56. The first-order valence-electron chi connectivity index (χ1n) is 5.74. The number of rotatable bonds is 4. The van der Waals surface area contributed by atoms with Crippen molar-refractivity contribution in [2.75, 3.05) is 6.61 Å². The van der Waals surface area contributed by atoms with E-state index in [9.17, 15) is 0 Å². The molecule has 88 valence electrons.